The van der Waals surface area contributed by atoms with Gasteiger partial charge < -0.3 is 15.0 Å². The lowest BCUT2D eigenvalue weighted by molar-refractivity contribution is 0.354. The fourth-order valence-electron chi connectivity index (χ4n) is 3.89. The molecule has 0 saturated carbocycles. The summed E-state index contributed by atoms with van der Waals surface area (Å²) in [5, 5.41) is 3.58. The standard InChI is InChI=1S/C16H23FN2O/c1-3-18-12-9-13-5-6-14(10-12)19(13)15-7-4-11(17)8-16(15)20-2/h4,7-8,12-14,18H,3,5-6,9-10H2,1-2H3. The minimum absolute atomic E-state index is 0.236. The smallest absolute Gasteiger partial charge is 0.145 e. The molecule has 1 N–H and O–H groups in total. The Labute approximate surface area is 120 Å². The number of halogens is 1. The topological polar surface area (TPSA) is 24.5 Å². The molecule has 110 valence electrons. The van der Waals surface area contributed by atoms with Crippen LogP contribution in [0.5, 0.6) is 5.75 Å². The minimum atomic E-state index is -0.236. The minimum Gasteiger partial charge on any atom is -0.494 e. The van der Waals surface area contributed by atoms with Gasteiger partial charge >= 0.3 is 0 Å². The molecule has 0 radical (unpaired) electrons. The maximum atomic E-state index is 13.4. The molecule has 1 aromatic carbocycles. The molecule has 1 aromatic rings. The summed E-state index contributed by atoms with van der Waals surface area (Å²) in [5.41, 5.74) is 1.05. The highest BCUT2D eigenvalue weighted by molar-refractivity contribution is 5.61. The van der Waals surface area contributed by atoms with Crippen molar-refractivity contribution in [3.8, 4) is 5.75 Å². The summed E-state index contributed by atoms with van der Waals surface area (Å²) < 4.78 is 18.7. The lowest BCUT2D eigenvalue weighted by Crippen LogP contribution is -2.49. The van der Waals surface area contributed by atoms with Gasteiger partial charge in [0.15, 0.2) is 0 Å². The van der Waals surface area contributed by atoms with Crippen LogP contribution in [0.1, 0.15) is 32.6 Å². The Kier molecular flexibility index (Phi) is 3.83. The third-order valence-corrected chi connectivity index (χ3v) is 4.65. The van der Waals surface area contributed by atoms with Crippen LogP contribution in [0, 0.1) is 5.82 Å². The third kappa shape index (κ3) is 2.37. The first kappa shape index (κ1) is 13.7. The molecule has 0 aromatic heterocycles. The molecule has 2 aliphatic heterocycles. The second-order valence-corrected chi connectivity index (χ2v) is 5.83. The van der Waals surface area contributed by atoms with E-state index in [0.29, 0.717) is 23.9 Å². The predicted molar refractivity (Wildman–Crippen MR) is 78.9 cm³/mol. The van der Waals surface area contributed by atoms with Crippen molar-refractivity contribution < 1.29 is 9.13 Å². The number of nitrogens with one attached hydrogen (secondary N) is 1. The maximum absolute atomic E-state index is 13.4. The van der Waals surface area contributed by atoms with Crippen molar-refractivity contribution in [3.05, 3.63) is 24.0 Å². The SMILES string of the molecule is CCNC1CC2CCC(C1)N2c1ccc(F)cc1OC. The van der Waals surface area contributed by atoms with E-state index in [9.17, 15) is 4.39 Å². The summed E-state index contributed by atoms with van der Waals surface area (Å²) in [5.74, 6) is 0.421. The van der Waals surface area contributed by atoms with Gasteiger partial charge in [0.1, 0.15) is 11.6 Å². The summed E-state index contributed by atoms with van der Waals surface area (Å²) in [4.78, 5) is 2.46. The van der Waals surface area contributed by atoms with Crippen LogP contribution >= 0.6 is 0 Å². The van der Waals surface area contributed by atoms with Crippen LogP contribution in [0.4, 0.5) is 10.1 Å². The van der Waals surface area contributed by atoms with E-state index in [4.69, 9.17) is 4.74 Å². The number of rotatable bonds is 4. The largest absolute Gasteiger partial charge is 0.494 e. The van der Waals surface area contributed by atoms with E-state index < -0.39 is 0 Å². The zero-order chi connectivity index (χ0) is 14.1. The normalized spacial score (nSPS) is 28.8. The highest BCUT2D eigenvalue weighted by Crippen LogP contribution is 2.43. The molecule has 20 heavy (non-hydrogen) atoms. The Morgan fingerprint density at radius 3 is 2.60 bits per heavy atom. The molecule has 4 heteroatoms. The Hall–Kier alpha value is -1.29. The van der Waals surface area contributed by atoms with Crippen LogP contribution in [0.15, 0.2) is 18.2 Å². The molecular formula is C16H23FN2O. The van der Waals surface area contributed by atoms with Crippen LogP contribution in [-0.4, -0.2) is 31.8 Å². The van der Waals surface area contributed by atoms with Crippen LogP contribution in [-0.2, 0) is 0 Å². The van der Waals surface area contributed by atoms with E-state index in [-0.39, 0.29) is 5.82 Å². The van der Waals surface area contributed by atoms with E-state index in [2.05, 4.69) is 17.1 Å². The van der Waals surface area contributed by atoms with Gasteiger partial charge in [0, 0.05) is 24.2 Å². The Morgan fingerprint density at radius 1 is 1.30 bits per heavy atom. The van der Waals surface area contributed by atoms with E-state index in [1.54, 1.807) is 7.11 Å². The summed E-state index contributed by atoms with van der Waals surface area (Å²) in [6.07, 6.45) is 4.80. The number of piperidine rings is 1. The molecule has 0 aliphatic carbocycles. The first-order valence-electron chi connectivity index (χ1n) is 7.58. The van der Waals surface area contributed by atoms with E-state index >= 15 is 0 Å². The van der Waals surface area contributed by atoms with Crippen LogP contribution in [0.25, 0.3) is 0 Å². The monoisotopic (exact) mass is 278 g/mol. The molecular weight excluding hydrogens is 255 g/mol. The first-order chi connectivity index (χ1) is 9.72. The first-order valence-corrected chi connectivity index (χ1v) is 7.58. The maximum Gasteiger partial charge on any atom is 0.145 e. The van der Waals surface area contributed by atoms with Crippen LogP contribution in [0.3, 0.4) is 0 Å². The average molecular weight is 278 g/mol. The molecule has 2 aliphatic rings. The van der Waals surface area contributed by atoms with E-state index in [1.807, 2.05) is 6.07 Å². The molecule has 0 amide bonds. The van der Waals surface area contributed by atoms with Gasteiger partial charge in [-0.3, -0.25) is 0 Å². The van der Waals surface area contributed by atoms with Crippen molar-refractivity contribution in [2.45, 2.75) is 50.7 Å². The van der Waals surface area contributed by atoms with Crippen LogP contribution in [0.2, 0.25) is 0 Å². The zero-order valence-corrected chi connectivity index (χ0v) is 12.2. The predicted octanol–water partition coefficient (Wildman–Crippen LogP) is 2.94. The number of ether oxygens (including phenoxy) is 1. The van der Waals surface area contributed by atoms with E-state index in [0.717, 1.165) is 12.2 Å². The van der Waals surface area contributed by atoms with Crippen molar-refractivity contribution in [3.63, 3.8) is 0 Å². The molecule has 2 unspecified atom stereocenters. The van der Waals surface area contributed by atoms with Gasteiger partial charge in [-0.1, -0.05) is 6.92 Å². The Balaban J connectivity index is 1.85. The molecule has 2 fully saturated rings. The highest BCUT2D eigenvalue weighted by atomic mass is 19.1. The lowest BCUT2D eigenvalue weighted by atomic mass is 9.96. The van der Waals surface area contributed by atoms with Gasteiger partial charge in [-0.25, -0.2) is 4.39 Å². The van der Waals surface area contributed by atoms with Gasteiger partial charge in [-0.05, 0) is 44.4 Å². The van der Waals surface area contributed by atoms with Gasteiger partial charge in [-0.15, -0.1) is 0 Å². The summed E-state index contributed by atoms with van der Waals surface area (Å²) >= 11 is 0. The number of anilines is 1. The number of hydrogen-bond acceptors (Lipinski definition) is 3. The van der Waals surface area contributed by atoms with Gasteiger partial charge in [-0.2, -0.15) is 0 Å². The molecule has 3 nitrogen and oxygen atoms in total. The average Bonchev–Trinajstić information content (AvgIpc) is 2.70. The second-order valence-electron chi connectivity index (χ2n) is 5.83. The molecule has 2 atom stereocenters. The Morgan fingerprint density at radius 2 is 2.00 bits per heavy atom. The quantitative estimate of drug-likeness (QED) is 0.916. The summed E-state index contributed by atoms with van der Waals surface area (Å²) in [6, 6.07) is 6.63. The van der Waals surface area contributed by atoms with Gasteiger partial charge in [0.2, 0.25) is 0 Å². The third-order valence-electron chi connectivity index (χ3n) is 4.65. The molecule has 0 spiro atoms. The molecule has 2 saturated heterocycles. The number of nitrogens with zero attached hydrogens (tertiary/aromatic N) is 1. The van der Waals surface area contributed by atoms with Gasteiger partial charge in [0.05, 0.1) is 12.8 Å². The molecule has 2 heterocycles. The zero-order valence-electron chi connectivity index (χ0n) is 12.2. The molecule has 3 rings (SSSR count). The van der Waals surface area contributed by atoms with E-state index in [1.165, 1.54) is 37.8 Å². The number of hydrogen-bond donors (Lipinski definition) is 1. The Bertz CT molecular complexity index is 466. The van der Waals surface area contributed by atoms with Gasteiger partial charge in [0.25, 0.3) is 0 Å². The van der Waals surface area contributed by atoms with Crippen molar-refractivity contribution >= 4 is 5.69 Å². The highest BCUT2D eigenvalue weighted by Gasteiger charge is 2.41. The fraction of sp³-hybridized carbons (Fsp3) is 0.625. The summed E-state index contributed by atoms with van der Waals surface area (Å²) in [6.45, 7) is 3.20. The number of methoxy groups -OCH3 is 1. The molecule has 2 bridgehead atoms. The van der Waals surface area contributed by atoms with Crippen molar-refractivity contribution in [1.29, 1.82) is 0 Å². The second kappa shape index (κ2) is 5.60. The van der Waals surface area contributed by atoms with Crippen molar-refractivity contribution in [2.75, 3.05) is 18.6 Å². The fourth-order valence-corrected chi connectivity index (χ4v) is 3.89. The van der Waals surface area contributed by atoms with Crippen LogP contribution < -0.4 is 15.0 Å². The van der Waals surface area contributed by atoms with Crippen molar-refractivity contribution in [1.82, 2.24) is 5.32 Å². The number of fused-ring (bicyclic) bond motifs is 2. The number of benzene rings is 1. The lowest BCUT2D eigenvalue weighted by Gasteiger charge is -2.41. The summed E-state index contributed by atoms with van der Waals surface area (Å²) in [7, 11) is 1.62. The van der Waals surface area contributed by atoms with Crippen molar-refractivity contribution in [2.24, 2.45) is 0 Å².